The molecule has 2 rings (SSSR count). The summed E-state index contributed by atoms with van der Waals surface area (Å²) in [4.78, 5) is 22.2. The van der Waals surface area contributed by atoms with E-state index < -0.39 is 4.92 Å². The van der Waals surface area contributed by atoms with E-state index >= 15 is 0 Å². The number of carbonyl (C=O) groups is 1. The highest BCUT2D eigenvalue weighted by Gasteiger charge is 2.09. The molecule has 120 valence electrons. The zero-order valence-electron chi connectivity index (χ0n) is 12.5. The molecule has 7 heteroatoms. The number of ether oxygens (including phenoxy) is 1. The summed E-state index contributed by atoms with van der Waals surface area (Å²) in [5.41, 5.74) is 1.49. The van der Waals surface area contributed by atoms with Crippen LogP contribution < -0.4 is 10.1 Å². The van der Waals surface area contributed by atoms with E-state index in [0.29, 0.717) is 17.2 Å². The fourth-order valence-electron chi connectivity index (χ4n) is 1.96. The van der Waals surface area contributed by atoms with Gasteiger partial charge in [0.25, 0.3) is 5.69 Å². The second-order valence-corrected chi connectivity index (χ2v) is 5.65. The SMILES string of the molecule is COc1ccccc1NC(=O)CSCc1cccc([N+](=O)[O-])c1. The number of methoxy groups -OCH3 is 1. The first-order valence-electron chi connectivity index (χ1n) is 6.84. The Morgan fingerprint density at radius 3 is 2.78 bits per heavy atom. The molecule has 0 radical (unpaired) electrons. The average Bonchev–Trinajstić information content (AvgIpc) is 2.55. The molecule has 0 spiro atoms. The molecule has 1 amide bonds. The maximum Gasteiger partial charge on any atom is 0.269 e. The van der Waals surface area contributed by atoms with E-state index in [-0.39, 0.29) is 17.3 Å². The Hall–Kier alpha value is -2.54. The molecule has 2 aromatic carbocycles. The first kappa shape index (κ1) is 16.8. The Balaban J connectivity index is 1.85. The topological polar surface area (TPSA) is 81.5 Å². The second kappa shape index (κ2) is 8.19. The lowest BCUT2D eigenvalue weighted by Gasteiger charge is -2.09. The highest BCUT2D eigenvalue weighted by Crippen LogP contribution is 2.23. The van der Waals surface area contributed by atoms with Crippen molar-refractivity contribution in [1.29, 1.82) is 0 Å². The van der Waals surface area contributed by atoms with Crippen molar-refractivity contribution >= 4 is 29.0 Å². The Labute approximate surface area is 138 Å². The van der Waals surface area contributed by atoms with Gasteiger partial charge in [-0.2, -0.15) is 0 Å². The van der Waals surface area contributed by atoms with Gasteiger partial charge in [-0.15, -0.1) is 11.8 Å². The number of benzene rings is 2. The largest absolute Gasteiger partial charge is 0.495 e. The summed E-state index contributed by atoms with van der Waals surface area (Å²) < 4.78 is 5.17. The molecule has 0 aromatic heterocycles. The van der Waals surface area contributed by atoms with Crippen molar-refractivity contribution in [3.63, 3.8) is 0 Å². The Morgan fingerprint density at radius 1 is 1.26 bits per heavy atom. The molecule has 0 saturated carbocycles. The molecule has 0 atom stereocenters. The molecule has 23 heavy (non-hydrogen) atoms. The Morgan fingerprint density at radius 2 is 2.04 bits per heavy atom. The Kier molecular flexibility index (Phi) is 5.99. The standard InChI is InChI=1S/C16H16N2O4S/c1-22-15-8-3-2-7-14(15)17-16(19)11-23-10-12-5-4-6-13(9-12)18(20)21/h2-9H,10-11H2,1H3,(H,17,19). The first-order valence-corrected chi connectivity index (χ1v) is 7.99. The zero-order valence-corrected chi connectivity index (χ0v) is 13.3. The number of nitro groups is 1. The van der Waals surface area contributed by atoms with E-state index in [0.717, 1.165) is 5.56 Å². The van der Waals surface area contributed by atoms with Crippen LogP contribution in [0.3, 0.4) is 0 Å². The molecule has 1 N–H and O–H groups in total. The minimum Gasteiger partial charge on any atom is -0.495 e. The number of nitrogens with zero attached hydrogens (tertiary/aromatic N) is 1. The van der Waals surface area contributed by atoms with Gasteiger partial charge in [0, 0.05) is 17.9 Å². The van der Waals surface area contributed by atoms with Crippen molar-refractivity contribution in [1.82, 2.24) is 0 Å². The third-order valence-corrected chi connectivity index (χ3v) is 4.01. The van der Waals surface area contributed by atoms with Crippen molar-refractivity contribution in [3.05, 3.63) is 64.2 Å². The molecule has 0 heterocycles. The van der Waals surface area contributed by atoms with Crippen LogP contribution in [0.4, 0.5) is 11.4 Å². The van der Waals surface area contributed by atoms with Gasteiger partial charge < -0.3 is 10.1 Å². The lowest BCUT2D eigenvalue weighted by Crippen LogP contribution is -2.14. The fraction of sp³-hybridized carbons (Fsp3) is 0.188. The molecule has 2 aromatic rings. The number of hydrogen-bond donors (Lipinski definition) is 1. The highest BCUT2D eigenvalue weighted by atomic mass is 32.2. The van der Waals surface area contributed by atoms with E-state index in [1.165, 1.54) is 23.9 Å². The lowest BCUT2D eigenvalue weighted by atomic mass is 10.2. The molecular formula is C16H16N2O4S. The number of rotatable bonds is 7. The van der Waals surface area contributed by atoms with Crippen LogP contribution in [0.2, 0.25) is 0 Å². The predicted molar refractivity (Wildman–Crippen MR) is 90.9 cm³/mol. The monoisotopic (exact) mass is 332 g/mol. The molecule has 0 unspecified atom stereocenters. The van der Waals surface area contributed by atoms with E-state index in [9.17, 15) is 14.9 Å². The number of hydrogen-bond acceptors (Lipinski definition) is 5. The van der Waals surface area contributed by atoms with Gasteiger partial charge in [0.1, 0.15) is 5.75 Å². The van der Waals surface area contributed by atoms with Crippen LogP contribution in [0.1, 0.15) is 5.56 Å². The molecule has 0 saturated heterocycles. The number of carbonyl (C=O) groups excluding carboxylic acids is 1. The summed E-state index contributed by atoms with van der Waals surface area (Å²) in [6.07, 6.45) is 0. The zero-order chi connectivity index (χ0) is 16.7. The van der Waals surface area contributed by atoms with Crippen molar-refractivity contribution < 1.29 is 14.5 Å². The molecule has 0 fully saturated rings. The van der Waals surface area contributed by atoms with Crippen LogP contribution in [-0.4, -0.2) is 23.7 Å². The number of nitro benzene ring substituents is 1. The third-order valence-electron chi connectivity index (χ3n) is 3.00. The molecule has 0 aliphatic heterocycles. The average molecular weight is 332 g/mol. The van der Waals surface area contributed by atoms with Crippen molar-refractivity contribution in [2.75, 3.05) is 18.2 Å². The van der Waals surface area contributed by atoms with Crippen LogP contribution in [0.5, 0.6) is 5.75 Å². The van der Waals surface area contributed by atoms with Gasteiger partial charge in [0.15, 0.2) is 0 Å². The number of anilines is 1. The van der Waals surface area contributed by atoms with Crippen LogP contribution >= 0.6 is 11.8 Å². The van der Waals surface area contributed by atoms with Crippen molar-refractivity contribution in [3.8, 4) is 5.75 Å². The lowest BCUT2D eigenvalue weighted by molar-refractivity contribution is -0.384. The van der Waals surface area contributed by atoms with Gasteiger partial charge in [-0.1, -0.05) is 24.3 Å². The van der Waals surface area contributed by atoms with Crippen LogP contribution in [0.25, 0.3) is 0 Å². The summed E-state index contributed by atoms with van der Waals surface area (Å²) in [5.74, 6) is 1.23. The van der Waals surface area contributed by atoms with Gasteiger partial charge in [-0.25, -0.2) is 0 Å². The molecule has 6 nitrogen and oxygen atoms in total. The van der Waals surface area contributed by atoms with Gasteiger partial charge in [0.05, 0.1) is 23.5 Å². The number of thioether (sulfide) groups is 1. The van der Waals surface area contributed by atoms with Gasteiger partial charge >= 0.3 is 0 Å². The van der Waals surface area contributed by atoms with E-state index in [4.69, 9.17) is 4.74 Å². The first-order chi connectivity index (χ1) is 11.1. The fourth-order valence-corrected chi connectivity index (χ4v) is 2.73. The predicted octanol–water partition coefficient (Wildman–Crippen LogP) is 3.48. The molecule has 0 aliphatic carbocycles. The second-order valence-electron chi connectivity index (χ2n) is 4.67. The van der Waals surface area contributed by atoms with E-state index in [2.05, 4.69) is 5.32 Å². The summed E-state index contributed by atoms with van der Waals surface area (Å²) in [7, 11) is 1.54. The van der Waals surface area contributed by atoms with E-state index in [1.54, 1.807) is 31.4 Å². The number of para-hydroxylation sites is 2. The quantitative estimate of drug-likeness (QED) is 0.620. The normalized spacial score (nSPS) is 10.1. The molecular weight excluding hydrogens is 316 g/mol. The van der Waals surface area contributed by atoms with Gasteiger partial charge in [-0.3, -0.25) is 14.9 Å². The Bertz CT molecular complexity index is 706. The van der Waals surface area contributed by atoms with Crippen LogP contribution in [0.15, 0.2) is 48.5 Å². The smallest absolute Gasteiger partial charge is 0.269 e. The molecule has 0 bridgehead atoms. The van der Waals surface area contributed by atoms with Gasteiger partial charge in [0.2, 0.25) is 5.91 Å². The van der Waals surface area contributed by atoms with E-state index in [1.807, 2.05) is 12.1 Å². The summed E-state index contributed by atoms with van der Waals surface area (Å²) in [6.45, 7) is 0. The minimum atomic E-state index is -0.428. The van der Waals surface area contributed by atoms with Gasteiger partial charge in [-0.05, 0) is 17.7 Å². The van der Waals surface area contributed by atoms with Crippen LogP contribution in [0, 0.1) is 10.1 Å². The van der Waals surface area contributed by atoms with Crippen molar-refractivity contribution in [2.45, 2.75) is 5.75 Å². The number of non-ortho nitro benzene ring substituents is 1. The maximum absolute atomic E-state index is 12.0. The number of nitrogens with one attached hydrogen (secondary N) is 1. The summed E-state index contributed by atoms with van der Waals surface area (Å²) >= 11 is 1.39. The minimum absolute atomic E-state index is 0.0570. The number of amides is 1. The van der Waals surface area contributed by atoms with Crippen LogP contribution in [-0.2, 0) is 10.5 Å². The summed E-state index contributed by atoms with van der Waals surface area (Å²) in [6, 6.07) is 13.6. The maximum atomic E-state index is 12.0. The molecule has 0 aliphatic rings. The summed E-state index contributed by atoms with van der Waals surface area (Å²) in [5, 5.41) is 13.5. The third kappa shape index (κ3) is 5.00. The van der Waals surface area contributed by atoms with Crippen molar-refractivity contribution in [2.24, 2.45) is 0 Å². The highest BCUT2D eigenvalue weighted by molar-refractivity contribution is 7.99.